The number of furan rings is 1. The first kappa shape index (κ1) is 13.6. The topological polar surface area (TPSA) is 13.1 Å². The average Bonchev–Trinajstić information content (AvgIpc) is 3.01. The fourth-order valence-corrected chi connectivity index (χ4v) is 2.81. The van der Waals surface area contributed by atoms with Gasteiger partial charge in [0.05, 0.1) is 0 Å². The molecule has 0 aliphatic heterocycles. The van der Waals surface area contributed by atoms with E-state index in [4.69, 9.17) is 4.42 Å². The highest BCUT2D eigenvalue weighted by molar-refractivity contribution is 6.04. The molecule has 23 heavy (non-hydrogen) atoms. The molecule has 0 amide bonds. The van der Waals surface area contributed by atoms with Gasteiger partial charge in [0, 0.05) is 10.8 Å². The minimum Gasteiger partial charge on any atom is -0.456 e. The largest absolute Gasteiger partial charge is 0.456 e. The molecule has 4 aromatic carbocycles. The first-order valence-electron chi connectivity index (χ1n) is 7.72. The number of benzene rings is 4. The first-order chi connectivity index (χ1) is 11.4. The van der Waals surface area contributed by atoms with Crippen molar-refractivity contribution in [1.29, 1.82) is 0 Å². The quantitative estimate of drug-likeness (QED) is 0.321. The maximum atomic E-state index is 5.65. The van der Waals surface area contributed by atoms with E-state index in [-0.39, 0.29) is 0 Å². The molecule has 5 aromatic rings. The van der Waals surface area contributed by atoms with Crippen molar-refractivity contribution in [2.75, 3.05) is 0 Å². The Balaban J connectivity index is 0.000000122. The van der Waals surface area contributed by atoms with Gasteiger partial charge in [-0.3, -0.25) is 0 Å². The van der Waals surface area contributed by atoms with Crippen molar-refractivity contribution in [3.8, 4) is 0 Å². The van der Waals surface area contributed by atoms with Gasteiger partial charge < -0.3 is 4.42 Å². The number of para-hydroxylation sites is 2. The van der Waals surface area contributed by atoms with Gasteiger partial charge in [0.15, 0.2) is 0 Å². The zero-order chi connectivity index (χ0) is 15.5. The summed E-state index contributed by atoms with van der Waals surface area (Å²) in [6.07, 6.45) is 0. The highest BCUT2D eigenvalue weighted by Crippen LogP contribution is 2.27. The van der Waals surface area contributed by atoms with Gasteiger partial charge in [-0.15, -0.1) is 0 Å². The molecular formula is C22H16O. The number of rotatable bonds is 0. The number of hydrogen-bond donors (Lipinski definition) is 0. The van der Waals surface area contributed by atoms with Gasteiger partial charge in [0.1, 0.15) is 11.2 Å². The van der Waals surface area contributed by atoms with E-state index in [1.54, 1.807) is 0 Å². The van der Waals surface area contributed by atoms with Crippen LogP contribution in [0.2, 0.25) is 0 Å². The molecule has 1 aromatic heterocycles. The van der Waals surface area contributed by atoms with E-state index < -0.39 is 0 Å². The Morgan fingerprint density at radius 3 is 1.17 bits per heavy atom. The highest BCUT2D eigenvalue weighted by Gasteiger charge is 2.03. The molecule has 1 heterocycles. The lowest BCUT2D eigenvalue weighted by Gasteiger charge is -1.92. The smallest absolute Gasteiger partial charge is 0.135 e. The lowest BCUT2D eigenvalue weighted by Crippen LogP contribution is -1.67. The maximum absolute atomic E-state index is 5.65. The number of fused-ring (bicyclic) bond motifs is 4. The molecule has 0 saturated heterocycles. The molecule has 0 aliphatic rings. The SMILES string of the molecule is c1ccc2c(c1)oc1ccccc12.c1ccc2ccccc2c1. The molecule has 5 rings (SSSR count). The van der Waals surface area contributed by atoms with Gasteiger partial charge in [-0.25, -0.2) is 0 Å². The third-order valence-corrected chi connectivity index (χ3v) is 3.94. The van der Waals surface area contributed by atoms with Crippen LogP contribution >= 0.6 is 0 Å². The van der Waals surface area contributed by atoms with Crippen LogP contribution in [-0.2, 0) is 0 Å². The number of hydrogen-bond acceptors (Lipinski definition) is 1. The summed E-state index contributed by atoms with van der Waals surface area (Å²) in [4.78, 5) is 0. The van der Waals surface area contributed by atoms with E-state index in [0.29, 0.717) is 0 Å². The Kier molecular flexibility index (Phi) is 3.53. The van der Waals surface area contributed by atoms with Crippen molar-refractivity contribution in [2.45, 2.75) is 0 Å². The summed E-state index contributed by atoms with van der Waals surface area (Å²) in [6, 6.07) is 32.9. The Labute approximate surface area is 134 Å². The second-order valence-electron chi connectivity index (χ2n) is 5.44. The average molecular weight is 296 g/mol. The summed E-state index contributed by atoms with van der Waals surface area (Å²) >= 11 is 0. The second-order valence-corrected chi connectivity index (χ2v) is 5.44. The highest BCUT2D eigenvalue weighted by atomic mass is 16.3. The van der Waals surface area contributed by atoms with E-state index in [1.807, 2.05) is 36.4 Å². The van der Waals surface area contributed by atoms with Crippen LogP contribution in [0.3, 0.4) is 0 Å². The van der Waals surface area contributed by atoms with E-state index in [0.717, 1.165) is 11.2 Å². The van der Waals surface area contributed by atoms with Crippen LogP contribution in [0.25, 0.3) is 32.7 Å². The van der Waals surface area contributed by atoms with E-state index in [9.17, 15) is 0 Å². The molecule has 0 saturated carbocycles. The third kappa shape index (κ3) is 2.69. The molecule has 0 bridgehead atoms. The van der Waals surface area contributed by atoms with Crippen molar-refractivity contribution in [1.82, 2.24) is 0 Å². The minimum atomic E-state index is 0.962. The maximum Gasteiger partial charge on any atom is 0.135 e. The Morgan fingerprint density at radius 1 is 0.391 bits per heavy atom. The Morgan fingerprint density at radius 2 is 0.739 bits per heavy atom. The summed E-state index contributed by atoms with van der Waals surface area (Å²) in [5.41, 5.74) is 1.92. The van der Waals surface area contributed by atoms with Crippen LogP contribution < -0.4 is 0 Å². The molecule has 1 nitrogen and oxygen atoms in total. The van der Waals surface area contributed by atoms with Gasteiger partial charge in [-0.05, 0) is 22.9 Å². The van der Waals surface area contributed by atoms with Crippen molar-refractivity contribution < 1.29 is 4.42 Å². The monoisotopic (exact) mass is 296 g/mol. The van der Waals surface area contributed by atoms with E-state index in [2.05, 4.69) is 60.7 Å². The van der Waals surface area contributed by atoms with E-state index >= 15 is 0 Å². The van der Waals surface area contributed by atoms with Crippen LogP contribution in [0.5, 0.6) is 0 Å². The van der Waals surface area contributed by atoms with Crippen LogP contribution in [0.1, 0.15) is 0 Å². The summed E-state index contributed by atoms with van der Waals surface area (Å²) in [7, 11) is 0. The first-order valence-corrected chi connectivity index (χ1v) is 7.72. The summed E-state index contributed by atoms with van der Waals surface area (Å²) in [5.74, 6) is 0. The molecule has 0 radical (unpaired) electrons. The molecular weight excluding hydrogens is 280 g/mol. The van der Waals surface area contributed by atoms with Crippen molar-refractivity contribution >= 4 is 32.7 Å². The van der Waals surface area contributed by atoms with Gasteiger partial charge in [-0.1, -0.05) is 84.9 Å². The van der Waals surface area contributed by atoms with Crippen LogP contribution in [-0.4, -0.2) is 0 Å². The summed E-state index contributed by atoms with van der Waals surface area (Å²) in [6.45, 7) is 0. The van der Waals surface area contributed by atoms with Gasteiger partial charge in [-0.2, -0.15) is 0 Å². The van der Waals surface area contributed by atoms with Crippen LogP contribution in [0.15, 0.2) is 101 Å². The Hall–Kier alpha value is -3.06. The predicted molar refractivity (Wildman–Crippen MR) is 97.7 cm³/mol. The fourth-order valence-electron chi connectivity index (χ4n) is 2.81. The third-order valence-electron chi connectivity index (χ3n) is 3.94. The molecule has 0 fully saturated rings. The van der Waals surface area contributed by atoms with Crippen molar-refractivity contribution in [3.05, 3.63) is 97.1 Å². The predicted octanol–water partition coefficient (Wildman–Crippen LogP) is 6.43. The zero-order valence-electron chi connectivity index (χ0n) is 12.6. The van der Waals surface area contributed by atoms with Crippen LogP contribution in [0, 0.1) is 0 Å². The van der Waals surface area contributed by atoms with Gasteiger partial charge in [0.25, 0.3) is 0 Å². The lowest BCUT2D eigenvalue weighted by atomic mass is 10.1. The lowest BCUT2D eigenvalue weighted by molar-refractivity contribution is 0.669. The molecule has 0 N–H and O–H groups in total. The fraction of sp³-hybridized carbons (Fsp3) is 0. The molecule has 0 aliphatic carbocycles. The zero-order valence-corrected chi connectivity index (χ0v) is 12.6. The van der Waals surface area contributed by atoms with Gasteiger partial charge in [0.2, 0.25) is 0 Å². The standard InChI is InChI=1S/C12H8O.C10H8/c1-3-7-11-9(5-1)10-6-2-4-8-12(10)13-11;1-2-6-10-8-4-3-7-9(10)5-1/h1-8H;1-8H. The summed E-state index contributed by atoms with van der Waals surface area (Å²) in [5, 5.41) is 5.01. The molecule has 0 atom stereocenters. The molecule has 110 valence electrons. The summed E-state index contributed by atoms with van der Waals surface area (Å²) < 4.78 is 5.65. The molecule has 1 heteroatoms. The van der Waals surface area contributed by atoms with Crippen LogP contribution in [0.4, 0.5) is 0 Å². The Bertz CT molecular complexity index is 957. The van der Waals surface area contributed by atoms with Crippen molar-refractivity contribution in [2.24, 2.45) is 0 Å². The molecule has 0 unspecified atom stereocenters. The van der Waals surface area contributed by atoms with Crippen molar-refractivity contribution in [3.63, 3.8) is 0 Å². The van der Waals surface area contributed by atoms with E-state index in [1.165, 1.54) is 21.5 Å². The second kappa shape index (κ2) is 5.98. The normalized spacial score (nSPS) is 10.6. The molecule has 0 spiro atoms. The minimum absolute atomic E-state index is 0.962. The van der Waals surface area contributed by atoms with Gasteiger partial charge >= 0.3 is 0 Å².